The van der Waals surface area contributed by atoms with Crippen LogP contribution < -0.4 is 5.32 Å². The first kappa shape index (κ1) is 34.4. The van der Waals surface area contributed by atoms with Gasteiger partial charge in [0, 0.05) is 50.5 Å². The van der Waals surface area contributed by atoms with Crippen LogP contribution in [0, 0.1) is 0 Å². The molecule has 43 heavy (non-hydrogen) atoms. The van der Waals surface area contributed by atoms with E-state index in [1.165, 1.54) is 6.07 Å². The monoisotopic (exact) mass is 601 g/mol. The summed E-state index contributed by atoms with van der Waals surface area (Å²) in [4.78, 5) is 24.5. The maximum atomic E-state index is 11.3. The van der Waals surface area contributed by atoms with Gasteiger partial charge in [0.1, 0.15) is 17.1 Å². The molecular formula is C31H47N5O7. The zero-order valence-electron chi connectivity index (χ0n) is 25.7. The number of pyridine rings is 2. The highest BCUT2D eigenvalue weighted by molar-refractivity contribution is 5.85. The molecule has 1 saturated heterocycles. The summed E-state index contributed by atoms with van der Waals surface area (Å²) >= 11 is 0. The predicted octanol–water partition coefficient (Wildman–Crippen LogP) is 3.30. The molecule has 3 N–H and O–H groups in total. The van der Waals surface area contributed by atoms with Crippen molar-refractivity contribution in [2.75, 3.05) is 84.4 Å². The van der Waals surface area contributed by atoms with Gasteiger partial charge in [0.2, 0.25) is 0 Å². The Labute approximate surface area is 254 Å². The molecule has 3 rings (SSSR count). The number of carboxylic acid groups (broad SMARTS) is 1. The summed E-state index contributed by atoms with van der Waals surface area (Å²) in [7, 11) is 0. The van der Waals surface area contributed by atoms with Crippen LogP contribution in [0.5, 0.6) is 0 Å². The van der Waals surface area contributed by atoms with E-state index in [0.29, 0.717) is 104 Å². The number of hydrogen-bond donors (Lipinski definition) is 3. The van der Waals surface area contributed by atoms with E-state index in [-0.39, 0.29) is 17.0 Å². The lowest BCUT2D eigenvalue weighted by Crippen LogP contribution is -2.33. The molecule has 0 amide bonds. The molecule has 2 aromatic heterocycles. The van der Waals surface area contributed by atoms with Crippen molar-refractivity contribution in [3.63, 3.8) is 0 Å². The van der Waals surface area contributed by atoms with Crippen LogP contribution in [0.15, 0.2) is 36.9 Å². The van der Waals surface area contributed by atoms with Crippen molar-refractivity contribution in [1.29, 1.82) is 0 Å². The van der Waals surface area contributed by atoms with Crippen LogP contribution in [0.2, 0.25) is 0 Å². The molecule has 1 fully saturated rings. The lowest BCUT2D eigenvalue weighted by molar-refractivity contribution is 0.00598. The Kier molecular flexibility index (Phi) is 14.3. The van der Waals surface area contributed by atoms with Crippen molar-refractivity contribution in [1.82, 2.24) is 19.8 Å². The Hall–Kier alpha value is -3.13. The molecule has 12 nitrogen and oxygen atoms in total. The van der Waals surface area contributed by atoms with E-state index in [1.54, 1.807) is 12.1 Å². The van der Waals surface area contributed by atoms with E-state index in [9.17, 15) is 15.0 Å². The van der Waals surface area contributed by atoms with E-state index in [4.69, 9.17) is 18.9 Å². The molecule has 0 aliphatic carbocycles. The van der Waals surface area contributed by atoms with Crippen molar-refractivity contribution >= 4 is 17.4 Å². The Morgan fingerprint density at radius 2 is 1.28 bits per heavy atom. The van der Waals surface area contributed by atoms with Crippen LogP contribution in [-0.4, -0.2) is 121 Å². The first-order chi connectivity index (χ1) is 20.6. The second kappa shape index (κ2) is 17.9. The second-order valence-electron chi connectivity index (χ2n) is 11.4. The van der Waals surface area contributed by atoms with Gasteiger partial charge in [0.05, 0.1) is 64.2 Å². The van der Waals surface area contributed by atoms with Crippen molar-refractivity contribution in [3.05, 3.63) is 59.7 Å². The fraction of sp³-hybridized carbons (Fsp3) is 0.581. The van der Waals surface area contributed by atoms with Crippen LogP contribution >= 0.6 is 0 Å². The second-order valence-corrected chi connectivity index (χ2v) is 11.4. The van der Waals surface area contributed by atoms with Crippen LogP contribution in [0.1, 0.15) is 48.3 Å². The number of nitrogens with one attached hydrogen (secondary N) is 1. The predicted molar refractivity (Wildman–Crippen MR) is 164 cm³/mol. The van der Waals surface area contributed by atoms with E-state index in [1.807, 2.05) is 12.1 Å². The number of hydrogen-bond acceptors (Lipinski definition) is 11. The number of aromatic nitrogens is 2. The van der Waals surface area contributed by atoms with Crippen molar-refractivity contribution in [2.24, 2.45) is 0 Å². The average Bonchev–Trinajstić information content (AvgIpc) is 2.94. The van der Waals surface area contributed by atoms with Gasteiger partial charge in [-0.1, -0.05) is 12.6 Å². The van der Waals surface area contributed by atoms with Gasteiger partial charge >= 0.3 is 5.97 Å². The number of ether oxygens (including phenoxy) is 4. The standard InChI is InChI=1S/C31H47N5O7/c1-24(37)29-21-26(34-31(2,3)4)20-27(33-29)23-36-10-14-42-18-16-40-12-8-35(9-13-41-17-19-43-15-11-36)22-25-6-5-7-28(32-25)30(38)39/h5-7,20-21,37H,1,8-19,22-23H2,2-4H3,(H,33,34)(H,38,39). The number of aromatic carboxylic acids is 1. The number of carbonyl (C=O) groups is 1. The normalized spacial score (nSPS) is 17.9. The molecule has 1 aliphatic rings. The Morgan fingerprint density at radius 3 is 1.74 bits per heavy atom. The van der Waals surface area contributed by atoms with Gasteiger partial charge in [-0.3, -0.25) is 9.80 Å². The fourth-order valence-corrected chi connectivity index (χ4v) is 4.43. The molecule has 0 spiro atoms. The Morgan fingerprint density at radius 1 is 0.791 bits per heavy atom. The highest BCUT2D eigenvalue weighted by Crippen LogP contribution is 2.20. The van der Waals surface area contributed by atoms with Gasteiger partial charge < -0.3 is 34.5 Å². The maximum Gasteiger partial charge on any atom is 0.354 e. The van der Waals surface area contributed by atoms with E-state index >= 15 is 0 Å². The third-order valence-corrected chi connectivity index (χ3v) is 6.44. The summed E-state index contributed by atoms with van der Waals surface area (Å²) in [6.07, 6.45) is 0. The highest BCUT2D eigenvalue weighted by atomic mass is 16.5. The molecule has 0 unspecified atom stereocenters. The van der Waals surface area contributed by atoms with E-state index < -0.39 is 5.97 Å². The van der Waals surface area contributed by atoms with Crippen LogP contribution in [0.25, 0.3) is 5.76 Å². The maximum absolute atomic E-state index is 11.3. The molecule has 3 heterocycles. The largest absolute Gasteiger partial charge is 0.506 e. The zero-order chi connectivity index (χ0) is 31.1. The van der Waals surface area contributed by atoms with Gasteiger partial charge in [-0.05, 0) is 45.0 Å². The van der Waals surface area contributed by atoms with Gasteiger partial charge in [0.15, 0.2) is 0 Å². The smallest absolute Gasteiger partial charge is 0.354 e. The number of rotatable bonds is 7. The van der Waals surface area contributed by atoms with Crippen molar-refractivity contribution < 1.29 is 34.0 Å². The van der Waals surface area contributed by atoms with Crippen LogP contribution in [-0.2, 0) is 32.0 Å². The van der Waals surface area contributed by atoms with Gasteiger partial charge in [-0.25, -0.2) is 14.8 Å². The van der Waals surface area contributed by atoms with Crippen LogP contribution in [0.3, 0.4) is 0 Å². The summed E-state index contributed by atoms with van der Waals surface area (Å²) in [6, 6.07) is 8.81. The number of nitrogens with zero attached hydrogens (tertiary/aromatic N) is 4. The minimum atomic E-state index is -1.04. The highest BCUT2D eigenvalue weighted by Gasteiger charge is 2.15. The molecule has 238 valence electrons. The van der Waals surface area contributed by atoms with E-state index in [2.05, 4.69) is 52.4 Å². The van der Waals surface area contributed by atoms with Gasteiger partial charge in [0.25, 0.3) is 0 Å². The molecular weight excluding hydrogens is 554 g/mol. The summed E-state index contributed by atoms with van der Waals surface area (Å²) in [6.45, 7) is 17.5. The molecule has 1 aliphatic heterocycles. The van der Waals surface area contributed by atoms with Gasteiger partial charge in [-0.15, -0.1) is 0 Å². The minimum absolute atomic E-state index is 0.0300. The summed E-state index contributed by atoms with van der Waals surface area (Å²) in [5, 5.41) is 22.7. The topological polar surface area (TPSA) is 139 Å². The minimum Gasteiger partial charge on any atom is -0.506 e. The quantitative estimate of drug-likeness (QED) is 0.401. The molecule has 0 saturated carbocycles. The summed E-state index contributed by atoms with van der Waals surface area (Å²) in [5.74, 6) is -1.12. The molecule has 2 aromatic rings. The van der Waals surface area contributed by atoms with Crippen molar-refractivity contribution in [2.45, 2.75) is 39.4 Å². The average molecular weight is 602 g/mol. The molecule has 0 atom stereocenters. The van der Waals surface area contributed by atoms with Gasteiger partial charge in [-0.2, -0.15) is 0 Å². The summed E-state index contributed by atoms with van der Waals surface area (Å²) < 4.78 is 23.4. The SMILES string of the molecule is C=C(O)c1cc(NC(C)(C)C)cc(CN2CCOCCOCCN(Cc3cccc(C(=O)O)n3)CCOCCOCC2)n1. The molecule has 12 heteroatoms. The molecule has 0 bridgehead atoms. The lowest BCUT2D eigenvalue weighted by Gasteiger charge is -2.25. The lowest BCUT2D eigenvalue weighted by atomic mass is 10.1. The fourth-order valence-electron chi connectivity index (χ4n) is 4.43. The zero-order valence-corrected chi connectivity index (χ0v) is 25.7. The number of aliphatic hydroxyl groups excluding tert-OH is 1. The summed E-state index contributed by atoms with van der Waals surface area (Å²) in [5.41, 5.74) is 2.68. The van der Waals surface area contributed by atoms with Crippen LogP contribution in [0.4, 0.5) is 5.69 Å². The number of anilines is 1. The first-order valence-electron chi connectivity index (χ1n) is 14.7. The molecule has 0 aromatic carbocycles. The Bertz CT molecular complexity index is 1140. The van der Waals surface area contributed by atoms with Crippen molar-refractivity contribution in [3.8, 4) is 0 Å². The number of aliphatic hydroxyl groups is 1. The number of carboxylic acids is 1. The Balaban J connectivity index is 1.54. The first-order valence-corrected chi connectivity index (χ1v) is 14.7. The third-order valence-electron chi connectivity index (χ3n) is 6.44. The third kappa shape index (κ3) is 13.8. The molecule has 0 radical (unpaired) electrons. The van der Waals surface area contributed by atoms with E-state index in [0.717, 1.165) is 11.4 Å².